The van der Waals surface area contributed by atoms with Crippen LogP contribution >= 0.6 is 0 Å². The minimum atomic E-state index is -0.199. The number of morpholine rings is 1. The third kappa shape index (κ3) is 4.69. The number of methoxy groups -OCH3 is 2. The summed E-state index contributed by atoms with van der Waals surface area (Å²) in [5.74, 6) is 0.804. The standard InChI is InChI=1S/C25H33N3O4/c1-27-11-5-6-18-16-19(9-10-20(18)27)21(28-12-14-32-15-13-28)17-26-25(29)24-22(30-2)7-4-8-23(24)31-3/h4,7-10,16,21H,5-6,11-15,17H2,1-3H3,(H,26,29). The highest BCUT2D eigenvalue weighted by molar-refractivity contribution is 5.99. The van der Waals surface area contributed by atoms with Crippen LogP contribution < -0.4 is 19.7 Å². The number of hydrogen-bond acceptors (Lipinski definition) is 6. The molecule has 1 atom stereocenters. The summed E-state index contributed by atoms with van der Waals surface area (Å²) in [6, 6.07) is 12.2. The number of amides is 1. The molecule has 2 aliphatic rings. The third-order valence-corrected chi connectivity index (χ3v) is 6.44. The van der Waals surface area contributed by atoms with Gasteiger partial charge in [0.1, 0.15) is 17.1 Å². The second-order valence-electron chi connectivity index (χ2n) is 8.32. The molecule has 4 rings (SSSR count). The second-order valence-corrected chi connectivity index (χ2v) is 8.32. The molecule has 0 aliphatic carbocycles. The minimum absolute atomic E-state index is 0.0704. The summed E-state index contributed by atoms with van der Waals surface area (Å²) in [5, 5.41) is 3.14. The highest BCUT2D eigenvalue weighted by Crippen LogP contribution is 2.32. The lowest BCUT2D eigenvalue weighted by Crippen LogP contribution is -2.44. The number of aryl methyl sites for hydroxylation is 1. The van der Waals surface area contributed by atoms with Crippen molar-refractivity contribution in [3.05, 3.63) is 53.1 Å². The molecule has 2 aromatic carbocycles. The summed E-state index contributed by atoms with van der Waals surface area (Å²) >= 11 is 0. The van der Waals surface area contributed by atoms with Crippen molar-refractivity contribution in [3.63, 3.8) is 0 Å². The molecule has 7 nitrogen and oxygen atoms in total. The number of ether oxygens (including phenoxy) is 3. The van der Waals surface area contributed by atoms with E-state index < -0.39 is 0 Å². The van der Waals surface area contributed by atoms with Crippen LogP contribution in [0.1, 0.15) is 33.9 Å². The fourth-order valence-corrected chi connectivity index (χ4v) is 4.71. The van der Waals surface area contributed by atoms with Gasteiger partial charge in [-0.1, -0.05) is 18.2 Å². The van der Waals surface area contributed by atoms with Gasteiger partial charge in [-0.15, -0.1) is 0 Å². The predicted molar refractivity (Wildman–Crippen MR) is 125 cm³/mol. The lowest BCUT2D eigenvalue weighted by atomic mass is 9.95. The first kappa shape index (κ1) is 22.4. The zero-order valence-electron chi connectivity index (χ0n) is 19.2. The minimum Gasteiger partial charge on any atom is -0.496 e. The maximum atomic E-state index is 13.2. The molecule has 0 saturated carbocycles. The van der Waals surface area contributed by atoms with Crippen LogP contribution in [0.15, 0.2) is 36.4 Å². The first-order valence-corrected chi connectivity index (χ1v) is 11.3. The fourth-order valence-electron chi connectivity index (χ4n) is 4.71. The Morgan fingerprint density at radius 1 is 1.09 bits per heavy atom. The van der Waals surface area contributed by atoms with Gasteiger partial charge in [0.05, 0.1) is 33.5 Å². The molecule has 0 bridgehead atoms. The van der Waals surface area contributed by atoms with E-state index in [1.54, 1.807) is 26.4 Å². The molecule has 2 heterocycles. The molecular formula is C25H33N3O4. The van der Waals surface area contributed by atoms with Crippen LogP contribution in [0, 0.1) is 0 Å². The number of anilines is 1. The number of rotatable bonds is 7. The highest BCUT2D eigenvalue weighted by atomic mass is 16.5. The van der Waals surface area contributed by atoms with E-state index in [2.05, 4.69) is 40.4 Å². The summed E-state index contributed by atoms with van der Waals surface area (Å²) in [7, 11) is 5.27. The van der Waals surface area contributed by atoms with Gasteiger partial charge in [-0.05, 0) is 42.2 Å². The lowest BCUT2D eigenvalue weighted by Gasteiger charge is -2.36. The molecule has 172 valence electrons. The highest BCUT2D eigenvalue weighted by Gasteiger charge is 2.26. The normalized spacial score (nSPS) is 17.4. The molecular weight excluding hydrogens is 406 g/mol. The molecule has 7 heteroatoms. The van der Waals surface area contributed by atoms with Gasteiger partial charge in [-0.25, -0.2) is 0 Å². The van der Waals surface area contributed by atoms with Crippen LogP contribution in [0.2, 0.25) is 0 Å². The van der Waals surface area contributed by atoms with E-state index in [9.17, 15) is 4.79 Å². The first-order chi connectivity index (χ1) is 15.6. The number of carbonyl (C=O) groups excluding carboxylic acids is 1. The Morgan fingerprint density at radius 3 is 2.50 bits per heavy atom. The van der Waals surface area contributed by atoms with Gasteiger partial charge in [0.25, 0.3) is 5.91 Å². The van der Waals surface area contributed by atoms with E-state index in [0.717, 1.165) is 26.1 Å². The topological polar surface area (TPSA) is 63.3 Å². The summed E-state index contributed by atoms with van der Waals surface area (Å²) in [6.45, 7) is 4.69. The van der Waals surface area contributed by atoms with E-state index in [0.29, 0.717) is 36.8 Å². The van der Waals surface area contributed by atoms with E-state index >= 15 is 0 Å². The van der Waals surface area contributed by atoms with Gasteiger partial charge in [0.2, 0.25) is 0 Å². The average molecular weight is 440 g/mol. The van der Waals surface area contributed by atoms with Crippen molar-refractivity contribution in [1.29, 1.82) is 0 Å². The predicted octanol–water partition coefficient (Wildman–Crippen LogP) is 2.89. The van der Waals surface area contributed by atoms with Gasteiger partial charge >= 0.3 is 0 Å². The number of fused-ring (bicyclic) bond motifs is 1. The molecule has 1 saturated heterocycles. The SMILES string of the molecule is COc1cccc(OC)c1C(=O)NCC(c1ccc2c(c1)CCCN2C)N1CCOCC1. The molecule has 32 heavy (non-hydrogen) atoms. The van der Waals surface area contributed by atoms with E-state index in [1.165, 1.54) is 23.2 Å². The van der Waals surface area contributed by atoms with Crippen LogP contribution in [0.5, 0.6) is 11.5 Å². The zero-order valence-corrected chi connectivity index (χ0v) is 19.2. The molecule has 2 aromatic rings. The summed E-state index contributed by atoms with van der Waals surface area (Å²) in [5.41, 5.74) is 4.34. The smallest absolute Gasteiger partial charge is 0.258 e. The van der Waals surface area contributed by atoms with Crippen LogP contribution in [0.3, 0.4) is 0 Å². The third-order valence-electron chi connectivity index (χ3n) is 6.44. The zero-order chi connectivity index (χ0) is 22.5. The molecule has 0 aromatic heterocycles. The summed E-state index contributed by atoms with van der Waals surface area (Å²) in [4.78, 5) is 17.9. The van der Waals surface area contributed by atoms with Gasteiger partial charge in [-0.3, -0.25) is 9.69 Å². The van der Waals surface area contributed by atoms with Gasteiger partial charge in [-0.2, -0.15) is 0 Å². The van der Waals surface area contributed by atoms with Crippen molar-refractivity contribution in [2.24, 2.45) is 0 Å². The Balaban J connectivity index is 1.58. The first-order valence-electron chi connectivity index (χ1n) is 11.3. The van der Waals surface area contributed by atoms with Gasteiger partial charge in [0.15, 0.2) is 0 Å². The molecule has 0 radical (unpaired) electrons. The van der Waals surface area contributed by atoms with Crippen LogP contribution in [0.4, 0.5) is 5.69 Å². The van der Waals surface area contributed by atoms with Crippen LogP contribution in [-0.4, -0.2) is 71.5 Å². The van der Waals surface area contributed by atoms with E-state index in [4.69, 9.17) is 14.2 Å². The van der Waals surface area contributed by atoms with Crippen molar-refractivity contribution < 1.29 is 19.0 Å². The molecule has 1 N–H and O–H groups in total. The van der Waals surface area contributed by atoms with Gasteiger partial charge < -0.3 is 24.4 Å². The molecule has 0 spiro atoms. The quantitative estimate of drug-likeness (QED) is 0.716. The largest absolute Gasteiger partial charge is 0.496 e. The Bertz CT molecular complexity index is 921. The number of nitrogens with one attached hydrogen (secondary N) is 1. The van der Waals surface area contributed by atoms with Crippen LogP contribution in [-0.2, 0) is 11.2 Å². The number of nitrogens with zero attached hydrogens (tertiary/aromatic N) is 2. The van der Waals surface area contributed by atoms with Crippen molar-refractivity contribution in [2.45, 2.75) is 18.9 Å². The molecule has 2 aliphatic heterocycles. The number of carbonyl (C=O) groups is 1. The summed E-state index contributed by atoms with van der Waals surface area (Å²) in [6.07, 6.45) is 2.26. The lowest BCUT2D eigenvalue weighted by molar-refractivity contribution is 0.0162. The van der Waals surface area contributed by atoms with Crippen molar-refractivity contribution >= 4 is 11.6 Å². The molecule has 1 amide bonds. The Labute approximate surface area is 190 Å². The average Bonchev–Trinajstić information content (AvgIpc) is 2.84. The number of benzene rings is 2. The monoisotopic (exact) mass is 439 g/mol. The molecule has 1 fully saturated rings. The Kier molecular flexibility index (Phi) is 7.17. The second kappa shape index (κ2) is 10.2. The fraction of sp³-hybridized carbons (Fsp3) is 0.480. The van der Waals surface area contributed by atoms with Crippen molar-refractivity contribution in [3.8, 4) is 11.5 Å². The van der Waals surface area contributed by atoms with Crippen molar-refractivity contribution in [2.75, 3.05) is 65.6 Å². The van der Waals surface area contributed by atoms with E-state index in [-0.39, 0.29) is 11.9 Å². The Morgan fingerprint density at radius 2 is 1.81 bits per heavy atom. The van der Waals surface area contributed by atoms with E-state index in [1.807, 2.05) is 6.07 Å². The molecule has 1 unspecified atom stereocenters. The van der Waals surface area contributed by atoms with Crippen molar-refractivity contribution in [1.82, 2.24) is 10.2 Å². The van der Waals surface area contributed by atoms with Gasteiger partial charge in [0, 0.05) is 38.9 Å². The Hall–Kier alpha value is -2.77. The maximum Gasteiger partial charge on any atom is 0.258 e. The maximum absolute atomic E-state index is 13.2. The summed E-state index contributed by atoms with van der Waals surface area (Å²) < 4.78 is 16.4. The number of hydrogen-bond donors (Lipinski definition) is 1. The van der Waals surface area contributed by atoms with Crippen LogP contribution in [0.25, 0.3) is 0 Å².